The zero-order valence-corrected chi connectivity index (χ0v) is 10.7. The number of carbonyl (C=O) groups is 1. The van der Waals surface area contributed by atoms with E-state index in [4.69, 9.17) is 4.74 Å². The predicted molar refractivity (Wildman–Crippen MR) is 65.3 cm³/mol. The van der Waals surface area contributed by atoms with Crippen molar-refractivity contribution in [3.63, 3.8) is 0 Å². The van der Waals surface area contributed by atoms with Crippen LogP contribution in [0.15, 0.2) is 28.7 Å². The Morgan fingerprint density at radius 3 is 3.00 bits per heavy atom. The lowest BCUT2D eigenvalue weighted by atomic mass is 9.89. The molecule has 1 aliphatic heterocycles. The molecular formula is C12H14BrNO2. The fraction of sp³-hybridized carbons (Fsp3) is 0.417. The number of hydrogen-bond acceptors (Lipinski definition) is 3. The van der Waals surface area contributed by atoms with Crippen molar-refractivity contribution >= 4 is 21.9 Å². The highest BCUT2D eigenvalue weighted by Gasteiger charge is 2.34. The van der Waals surface area contributed by atoms with Crippen LogP contribution >= 0.6 is 15.9 Å². The zero-order chi connectivity index (χ0) is 11.5. The molecule has 1 aromatic rings. The summed E-state index contributed by atoms with van der Waals surface area (Å²) < 4.78 is 5.87. The minimum atomic E-state index is -0.130. The third kappa shape index (κ3) is 2.28. The normalized spacial score (nSPS) is 24.4. The molecule has 0 unspecified atom stereocenters. The first kappa shape index (κ1) is 11.6. The van der Waals surface area contributed by atoms with Crippen molar-refractivity contribution in [3.8, 4) is 0 Å². The van der Waals surface area contributed by atoms with E-state index >= 15 is 0 Å². The highest BCUT2D eigenvalue weighted by atomic mass is 79.9. The molecule has 1 heterocycles. The summed E-state index contributed by atoms with van der Waals surface area (Å²) in [6.45, 7) is 1.53. The van der Waals surface area contributed by atoms with Crippen molar-refractivity contribution < 1.29 is 9.53 Å². The second-order valence-corrected chi connectivity index (χ2v) is 4.87. The summed E-state index contributed by atoms with van der Waals surface area (Å²) in [6, 6.07) is 8.09. The molecule has 1 aromatic carbocycles. The second kappa shape index (κ2) is 4.97. The van der Waals surface area contributed by atoms with E-state index in [0.29, 0.717) is 6.54 Å². The standard InChI is InChI=1S/C12H14BrNO2/c1-16-12(15)11-7-14-6-10(11)8-3-2-4-9(13)5-8/h2-5,10-11,14H,6-7H2,1H3/t10-,11+/m1/s1. The number of benzene rings is 1. The van der Waals surface area contributed by atoms with E-state index in [1.807, 2.05) is 12.1 Å². The molecule has 1 aliphatic rings. The number of halogens is 1. The number of ether oxygens (including phenoxy) is 1. The number of methoxy groups -OCH3 is 1. The minimum absolute atomic E-state index is 0.0701. The van der Waals surface area contributed by atoms with Crippen LogP contribution in [0.2, 0.25) is 0 Å². The van der Waals surface area contributed by atoms with E-state index in [1.54, 1.807) is 0 Å². The predicted octanol–water partition coefficient (Wildman–Crippen LogP) is 1.93. The smallest absolute Gasteiger partial charge is 0.310 e. The Morgan fingerprint density at radius 1 is 1.50 bits per heavy atom. The summed E-state index contributed by atoms with van der Waals surface area (Å²) >= 11 is 3.45. The first-order chi connectivity index (χ1) is 7.72. The maximum atomic E-state index is 11.6. The molecule has 3 nitrogen and oxygen atoms in total. The topological polar surface area (TPSA) is 38.3 Å². The van der Waals surface area contributed by atoms with Gasteiger partial charge in [0.05, 0.1) is 13.0 Å². The average Bonchev–Trinajstić information content (AvgIpc) is 2.77. The Kier molecular flexibility index (Phi) is 3.61. The highest BCUT2D eigenvalue weighted by Crippen LogP contribution is 2.30. The van der Waals surface area contributed by atoms with Crippen LogP contribution in [0.3, 0.4) is 0 Å². The summed E-state index contributed by atoms with van der Waals surface area (Å²) in [4.78, 5) is 11.6. The first-order valence-corrected chi connectivity index (χ1v) is 6.05. The molecular weight excluding hydrogens is 270 g/mol. The molecule has 86 valence electrons. The fourth-order valence-electron chi connectivity index (χ4n) is 2.17. The lowest BCUT2D eigenvalue weighted by molar-refractivity contribution is -0.145. The van der Waals surface area contributed by atoms with Crippen LogP contribution in [-0.4, -0.2) is 26.2 Å². The van der Waals surface area contributed by atoms with Gasteiger partial charge in [0.25, 0.3) is 0 Å². The monoisotopic (exact) mass is 283 g/mol. The Bertz CT molecular complexity index is 394. The first-order valence-electron chi connectivity index (χ1n) is 5.26. The van der Waals surface area contributed by atoms with Gasteiger partial charge in [-0.2, -0.15) is 0 Å². The fourth-order valence-corrected chi connectivity index (χ4v) is 2.58. The van der Waals surface area contributed by atoms with E-state index in [2.05, 4.69) is 33.4 Å². The molecule has 0 saturated carbocycles. The molecule has 1 fully saturated rings. The van der Waals surface area contributed by atoms with E-state index in [1.165, 1.54) is 12.7 Å². The lowest BCUT2D eigenvalue weighted by Gasteiger charge is -2.16. The number of hydrogen-bond donors (Lipinski definition) is 1. The average molecular weight is 284 g/mol. The molecule has 1 saturated heterocycles. The van der Waals surface area contributed by atoms with Crippen LogP contribution in [-0.2, 0) is 9.53 Å². The third-order valence-electron chi connectivity index (χ3n) is 2.99. The number of esters is 1. The largest absolute Gasteiger partial charge is 0.469 e. The van der Waals surface area contributed by atoms with Crippen LogP contribution in [0.1, 0.15) is 11.5 Å². The zero-order valence-electron chi connectivity index (χ0n) is 9.07. The molecule has 4 heteroatoms. The number of rotatable bonds is 2. The van der Waals surface area contributed by atoms with Crippen molar-refractivity contribution in [1.29, 1.82) is 0 Å². The molecule has 16 heavy (non-hydrogen) atoms. The van der Waals surface area contributed by atoms with Gasteiger partial charge in [0.15, 0.2) is 0 Å². The van der Waals surface area contributed by atoms with Gasteiger partial charge < -0.3 is 10.1 Å². The quantitative estimate of drug-likeness (QED) is 0.843. The molecule has 0 spiro atoms. The summed E-state index contributed by atoms with van der Waals surface area (Å²) in [5, 5.41) is 3.24. The summed E-state index contributed by atoms with van der Waals surface area (Å²) in [5.74, 6) is 0.0132. The van der Waals surface area contributed by atoms with Crippen molar-refractivity contribution in [2.75, 3.05) is 20.2 Å². The van der Waals surface area contributed by atoms with Crippen molar-refractivity contribution in [2.24, 2.45) is 5.92 Å². The summed E-state index contributed by atoms with van der Waals surface area (Å²) in [7, 11) is 1.44. The van der Waals surface area contributed by atoms with Crippen LogP contribution in [0.4, 0.5) is 0 Å². The van der Waals surface area contributed by atoms with Gasteiger partial charge in [0.1, 0.15) is 0 Å². The number of nitrogens with one attached hydrogen (secondary N) is 1. The third-order valence-corrected chi connectivity index (χ3v) is 3.49. The van der Waals surface area contributed by atoms with Crippen LogP contribution in [0.25, 0.3) is 0 Å². The van der Waals surface area contributed by atoms with Gasteiger partial charge in [-0.15, -0.1) is 0 Å². The van der Waals surface area contributed by atoms with Gasteiger partial charge in [-0.1, -0.05) is 28.1 Å². The van der Waals surface area contributed by atoms with Gasteiger partial charge in [0, 0.05) is 23.5 Å². The minimum Gasteiger partial charge on any atom is -0.469 e. The molecule has 2 rings (SSSR count). The summed E-state index contributed by atoms with van der Waals surface area (Å²) in [5.41, 5.74) is 1.18. The summed E-state index contributed by atoms with van der Waals surface area (Å²) in [6.07, 6.45) is 0. The van der Waals surface area contributed by atoms with Gasteiger partial charge in [-0.3, -0.25) is 4.79 Å². The SMILES string of the molecule is COC(=O)[C@H]1CNC[C@@H]1c1cccc(Br)c1. The molecule has 0 bridgehead atoms. The van der Waals surface area contributed by atoms with Gasteiger partial charge >= 0.3 is 5.97 Å². The van der Waals surface area contributed by atoms with Crippen LogP contribution in [0, 0.1) is 5.92 Å². The highest BCUT2D eigenvalue weighted by molar-refractivity contribution is 9.10. The Labute approximate surface area is 103 Å². The molecule has 0 amide bonds. The van der Waals surface area contributed by atoms with Crippen molar-refractivity contribution in [1.82, 2.24) is 5.32 Å². The Hall–Kier alpha value is -0.870. The molecule has 1 N–H and O–H groups in total. The lowest BCUT2D eigenvalue weighted by Crippen LogP contribution is -2.22. The van der Waals surface area contributed by atoms with E-state index in [-0.39, 0.29) is 17.8 Å². The second-order valence-electron chi connectivity index (χ2n) is 3.95. The van der Waals surface area contributed by atoms with E-state index in [9.17, 15) is 4.79 Å². The van der Waals surface area contributed by atoms with E-state index < -0.39 is 0 Å². The molecule has 0 aromatic heterocycles. The molecule has 2 atom stereocenters. The van der Waals surface area contributed by atoms with Gasteiger partial charge in [0.2, 0.25) is 0 Å². The van der Waals surface area contributed by atoms with Gasteiger partial charge in [-0.05, 0) is 17.7 Å². The van der Waals surface area contributed by atoms with Gasteiger partial charge in [-0.25, -0.2) is 0 Å². The number of carbonyl (C=O) groups excluding carboxylic acids is 1. The Balaban J connectivity index is 2.23. The molecule has 0 aliphatic carbocycles. The van der Waals surface area contributed by atoms with Crippen molar-refractivity contribution in [3.05, 3.63) is 34.3 Å². The Morgan fingerprint density at radius 2 is 2.31 bits per heavy atom. The maximum absolute atomic E-state index is 11.6. The van der Waals surface area contributed by atoms with Crippen molar-refractivity contribution in [2.45, 2.75) is 5.92 Å². The molecule has 0 radical (unpaired) electrons. The van der Waals surface area contributed by atoms with Crippen LogP contribution < -0.4 is 5.32 Å². The van der Waals surface area contributed by atoms with Crippen LogP contribution in [0.5, 0.6) is 0 Å². The van der Waals surface area contributed by atoms with E-state index in [0.717, 1.165) is 11.0 Å². The maximum Gasteiger partial charge on any atom is 0.310 e.